The van der Waals surface area contributed by atoms with Crippen LogP contribution >= 0.6 is 35.1 Å². The summed E-state index contributed by atoms with van der Waals surface area (Å²) in [6.07, 6.45) is 0.741. The summed E-state index contributed by atoms with van der Waals surface area (Å²) >= 11 is 13.7. The number of carbonyl (C=O) groups is 2. The standard InChI is InChI=1S/C22H25Cl2N3O3S/c1-22(2,3)30-20(28)13-27(31-18-11-15(23)10-16(24)12-18)17-5-6-19-14(9-17)7-8-26(19)21(29)25-4/h5-6,9-12H,7-8,13H2,1-4H3,(H,25,29). The number of nitrogens with zero attached hydrogens (tertiary/aromatic N) is 2. The van der Waals surface area contributed by atoms with Crippen LogP contribution in [-0.4, -0.2) is 37.7 Å². The molecule has 0 saturated carbocycles. The first kappa shape index (κ1) is 23.6. The van der Waals surface area contributed by atoms with Gasteiger partial charge >= 0.3 is 12.0 Å². The van der Waals surface area contributed by atoms with E-state index in [1.807, 2.05) is 43.3 Å². The molecule has 1 N–H and O–H groups in total. The first-order valence-corrected chi connectivity index (χ1v) is 11.3. The van der Waals surface area contributed by atoms with Crippen molar-refractivity contribution in [3.05, 3.63) is 52.0 Å². The second-order valence-electron chi connectivity index (χ2n) is 8.09. The highest BCUT2D eigenvalue weighted by Gasteiger charge is 2.26. The Morgan fingerprint density at radius 2 is 1.84 bits per heavy atom. The van der Waals surface area contributed by atoms with Gasteiger partial charge in [-0.15, -0.1) is 0 Å². The molecule has 1 heterocycles. The molecule has 3 rings (SSSR count). The lowest BCUT2D eigenvalue weighted by atomic mass is 10.1. The van der Waals surface area contributed by atoms with Crippen LogP contribution in [0.3, 0.4) is 0 Å². The molecule has 0 spiro atoms. The lowest BCUT2D eigenvalue weighted by molar-refractivity contribution is -0.152. The number of halogens is 2. The van der Waals surface area contributed by atoms with Crippen LogP contribution in [0.4, 0.5) is 16.2 Å². The number of ether oxygens (including phenoxy) is 1. The molecule has 2 aromatic carbocycles. The van der Waals surface area contributed by atoms with Crippen LogP contribution in [0.25, 0.3) is 0 Å². The highest BCUT2D eigenvalue weighted by Crippen LogP contribution is 2.37. The highest BCUT2D eigenvalue weighted by atomic mass is 35.5. The van der Waals surface area contributed by atoms with E-state index in [1.54, 1.807) is 30.1 Å². The molecular formula is C22H25Cl2N3O3S. The molecule has 0 aromatic heterocycles. The molecule has 0 radical (unpaired) electrons. The summed E-state index contributed by atoms with van der Waals surface area (Å²) in [6.45, 7) is 6.15. The number of hydrogen-bond acceptors (Lipinski definition) is 5. The van der Waals surface area contributed by atoms with Crippen molar-refractivity contribution in [3.63, 3.8) is 0 Å². The maximum Gasteiger partial charge on any atom is 0.327 e. The topological polar surface area (TPSA) is 61.9 Å². The Balaban J connectivity index is 1.90. The number of amides is 2. The molecule has 0 aliphatic carbocycles. The third kappa shape index (κ3) is 6.21. The molecule has 0 saturated heterocycles. The summed E-state index contributed by atoms with van der Waals surface area (Å²) in [5.41, 5.74) is 2.15. The molecule has 1 aliphatic rings. The zero-order chi connectivity index (χ0) is 22.8. The number of rotatable bonds is 5. The van der Waals surface area contributed by atoms with Crippen LogP contribution in [0.15, 0.2) is 41.3 Å². The molecule has 0 bridgehead atoms. The highest BCUT2D eigenvalue weighted by molar-refractivity contribution is 8.00. The Bertz CT molecular complexity index is 974. The van der Waals surface area contributed by atoms with E-state index in [9.17, 15) is 9.59 Å². The molecule has 0 fully saturated rings. The molecular weight excluding hydrogens is 457 g/mol. The second kappa shape index (κ2) is 9.59. The van der Waals surface area contributed by atoms with Gasteiger partial charge in [0, 0.05) is 39.9 Å². The summed E-state index contributed by atoms with van der Waals surface area (Å²) in [5.74, 6) is -0.347. The lowest BCUT2D eigenvalue weighted by Crippen LogP contribution is -2.36. The van der Waals surface area contributed by atoms with Gasteiger partial charge in [-0.25, -0.2) is 4.79 Å². The maximum atomic E-state index is 12.6. The van der Waals surface area contributed by atoms with E-state index in [0.29, 0.717) is 16.6 Å². The van der Waals surface area contributed by atoms with Crippen LogP contribution in [0.2, 0.25) is 10.0 Å². The van der Waals surface area contributed by atoms with Crippen molar-refractivity contribution in [2.75, 3.05) is 29.3 Å². The number of carbonyl (C=O) groups excluding carboxylic acids is 2. The largest absolute Gasteiger partial charge is 0.459 e. The minimum Gasteiger partial charge on any atom is -0.459 e. The second-order valence-corrected chi connectivity index (χ2v) is 10.1. The van der Waals surface area contributed by atoms with E-state index in [-0.39, 0.29) is 18.5 Å². The van der Waals surface area contributed by atoms with Gasteiger partial charge < -0.3 is 14.4 Å². The molecule has 6 nitrogen and oxygen atoms in total. The molecule has 0 atom stereocenters. The quantitative estimate of drug-likeness (QED) is 0.447. The Hall–Kier alpha value is -2.09. The van der Waals surface area contributed by atoms with Gasteiger partial charge in [0.2, 0.25) is 0 Å². The SMILES string of the molecule is CNC(=O)N1CCc2cc(N(CC(=O)OC(C)(C)C)Sc3cc(Cl)cc(Cl)c3)ccc21. The van der Waals surface area contributed by atoms with E-state index < -0.39 is 5.60 Å². The van der Waals surface area contributed by atoms with Gasteiger partial charge in [0.25, 0.3) is 0 Å². The van der Waals surface area contributed by atoms with Crippen LogP contribution in [0.1, 0.15) is 26.3 Å². The zero-order valence-corrected chi connectivity index (χ0v) is 20.2. The van der Waals surface area contributed by atoms with Crippen molar-refractivity contribution in [1.82, 2.24) is 5.32 Å². The summed E-state index contributed by atoms with van der Waals surface area (Å²) in [5, 5.41) is 3.69. The van der Waals surface area contributed by atoms with Crippen molar-refractivity contribution in [3.8, 4) is 0 Å². The minimum absolute atomic E-state index is 0.0318. The fourth-order valence-electron chi connectivity index (χ4n) is 3.26. The predicted molar refractivity (Wildman–Crippen MR) is 127 cm³/mol. The van der Waals surface area contributed by atoms with Crippen molar-refractivity contribution in [1.29, 1.82) is 0 Å². The maximum absolute atomic E-state index is 12.6. The van der Waals surface area contributed by atoms with Crippen molar-refractivity contribution < 1.29 is 14.3 Å². The van der Waals surface area contributed by atoms with Crippen LogP contribution in [0.5, 0.6) is 0 Å². The number of anilines is 2. The lowest BCUT2D eigenvalue weighted by Gasteiger charge is -2.26. The van der Waals surface area contributed by atoms with Gasteiger partial charge in [-0.2, -0.15) is 0 Å². The Morgan fingerprint density at radius 1 is 1.16 bits per heavy atom. The smallest absolute Gasteiger partial charge is 0.327 e. The summed E-state index contributed by atoms with van der Waals surface area (Å²) in [6, 6.07) is 10.9. The minimum atomic E-state index is -0.585. The first-order chi connectivity index (χ1) is 14.6. The average Bonchev–Trinajstić information content (AvgIpc) is 3.07. The Labute approximate surface area is 197 Å². The van der Waals surface area contributed by atoms with Crippen molar-refractivity contribution >= 4 is 58.5 Å². The van der Waals surface area contributed by atoms with Crippen molar-refractivity contribution in [2.45, 2.75) is 37.7 Å². The number of nitrogens with one attached hydrogen (secondary N) is 1. The molecule has 0 unspecified atom stereocenters. The third-order valence-electron chi connectivity index (χ3n) is 4.45. The van der Waals surface area contributed by atoms with Gasteiger partial charge in [0.05, 0.1) is 0 Å². The van der Waals surface area contributed by atoms with Crippen LogP contribution in [0, 0.1) is 0 Å². The number of benzene rings is 2. The Morgan fingerprint density at radius 3 is 2.45 bits per heavy atom. The van der Waals surface area contributed by atoms with Gasteiger partial charge in [0.15, 0.2) is 0 Å². The van der Waals surface area contributed by atoms with E-state index in [4.69, 9.17) is 27.9 Å². The molecule has 9 heteroatoms. The normalized spacial score (nSPS) is 13.0. The fourth-order valence-corrected chi connectivity index (χ4v) is 4.92. The fraction of sp³-hybridized carbons (Fsp3) is 0.364. The van der Waals surface area contributed by atoms with Gasteiger partial charge in [0.1, 0.15) is 12.1 Å². The molecule has 2 amide bonds. The van der Waals surface area contributed by atoms with E-state index >= 15 is 0 Å². The van der Waals surface area contributed by atoms with Gasteiger partial charge in [-0.05, 0) is 81.1 Å². The van der Waals surface area contributed by atoms with Crippen LogP contribution in [-0.2, 0) is 16.0 Å². The van der Waals surface area contributed by atoms with Gasteiger partial charge in [-0.1, -0.05) is 23.2 Å². The zero-order valence-electron chi connectivity index (χ0n) is 17.9. The summed E-state index contributed by atoms with van der Waals surface area (Å²) in [4.78, 5) is 27.2. The third-order valence-corrected chi connectivity index (χ3v) is 5.89. The average molecular weight is 482 g/mol. The number of esters is 1. The van der Waals surface area contributed by atoms with E-state index in [0.717, 1.165) is 28.3 Å². The molecule has 1 aliphatic heterocycles. The van der Waals surface area contributed by atoms with E-state index in [2.05, 4.69) is 5.32 Å². The number of hydrogen-bond donors (Lipinski definition) is 1. The first-order valence-electron chi connectivity index (χ1n) is 9.81. The summed E-state index contributed by atoms with van der Waals surface area (Å²) < 4.78 is 7.37. The molecule has 166 valence electrons. The molecule has 31 heavy (non-hydrogen) atoms. The monoisotopic (exact) mass is 481 g/mol. The summed E-state index contributed by atoms with van der Waals surface area (Å²) in [7, 11) is 1.62. The van der Waals surface area contributed by atoms with Gasteiger partial charge in [-0.3, -0.25) is 9.69 Å². The predicted octanol–water partition coefficient (Wildman–Crippen LogP) is 5.55. The number of urea groups is 1. The van der Waals surface area contributed by atoms with E-state index in [1.165, 1.54) is 11.9 Å². The molecule has 2 aromatic rings. The number of fused-ring (bicyclic) bond motifs is 1. The van der Waals surface area contributed by atoms with Crippen LogP contribution < -0.4 is 14.5 Å². The Kier molecular flexibility index (Phi) is 7.29. The van der Waals surface area contributed by atoms with Crippen molar-refractivity contribution in [2.24, 2.45) is 0 Å².